The number of hydrogen-bond donors (Lipinski definition) is 2. The van der Waals surface area contributed by atoms with Crippen LogP contribution in [0.15, 0.2) is 0 Å². The smallest absolute Gasteiger partial charge is 0.165 e. The van der Waals surface area contributed by atoms with Gasteiger partial charge in [0.2, 0.25) is 0 Å². The number of halogens is 1. The molecule has 1 aromatic rings. The van der Waals surface area contributed by atoms with E-state index in [9.17, 15) is 5.11 Å². The minimum Gasteiger partial charge on any atom is -0.504 e. The quantitative estimate of drug-likeness (QED) is 0.891. The Labute approximate surface area is 126 Å². The fraction of sp³-hybridized carbons (Fsp3) is 0.625. The van der Waals surface area contributed by atoms with Crippen LogP contribution < -0.4 is 10.5 Å². The van der Waals surface area contributed by atoms with Crippen molar-refractivity contribution in [2.24, 2.45) is 5.73 Å². The van der Waals surface area contributed by atoms with E-state index in [-0.39, 0.29) is 11.2 Å². The van der Waals surface area contributed by atoms with E-state index in [1.54, 1.807) is 7.11 Å². The van der Waals surface area contributed by atoms with Crippen LogP contribution in [-0.4, -0.2) is 18.8 Å². The normalized spacial score (nSPS) is 18.1. The average molecular weight is 298 g/mol. The third kappa shape index (κ3) is 2.27. The number of hydrogen-bond acceptors (Lipinski definition) is 3. The Morgan fingerprint density at radius 1 is 1.20 bits per heavy atom. The van der Waals surface area contributed by atoms with Crippen LogP contribution in [0.2, 0.25) is 5.02 Å². The first-order valence-corrected chi connectivity index (χ1v) is 7.62. The van der Waals surface area contributed by atoms with Gasteiger partial charge in [-0.15, -0.1) is 0 Å². The lowest BCUT2D eigenvalue weighted by molar-refractivity contribution is 0.284. The molecule has 0 spiro atoms. The Morgan fingerprint density at radius 3 is 2.30 bits per heavy atom. The van der Waals surface area contributed by atoms with Crippen LogP contribution in [0, 0.1) is 13.8 Å². The molecule has 0 saturated heterocycles. The molecule has 20 heavy (non-hydrogen) atoms. The van der Waals surface area contributed by atoms with Crippen LogP contribution in [0.3, 0.4) is 0 Å². The van der Waals surface area contributed by atoms with Crippen LogP contribution in [0.4, 0.5) is 0 Å². The topological polar surface area (TPSA) is 55.5 Å². The van der Waals surface area contributed by atoms with Crippen molar-refractivity contribution in [3.05, 3.63) is 21.7 Å². The number of ether oxygens (including phenoxy) is 1. The van der Waals surface area contributed by atoms with Gasteiger partial charge in [0.15, 0.2) is 11.5 Å². The first-order valence-electron chi connectivity index (χ1n) is 7.24. The summed E-state index contributed by atoms with van der Waals surface area (Å²) < 4.78 is 5.36. The number of aromatic hydroxyl groups is 1. The third-order valence-electron chi connectivity index (χ3n) is 4.76. The summed E-state index contributed by atoms with van der Waals surface area (Å²) in [6.07, 6.45) is 5.52. The van der Waals surface area contributed by atoms with Gasteiger partial charge >= 0.3 is 0 Å². The van der Waals surface area contributed by atoms with Crippen molar-refractivity contribution >= 4 is 11.6 Å². The van der Waals surface area contributed by atoms with Gasteiger partial charge in [-0.05, 0) is 32.3 Å². The molecule has 1 aliphatic rings. The second kappa shape index (κ2) is 5.82. The van der Waals surface area contributed by atoms with Crippen molar-refractivity contribution in [3.63, 3.8) is 0 Å². The van der Waals surface area contributed by atoms with E-state index in [4.69, 9.17) is 22.1 Å². The van der Waals surface area contributed by atoms with Gasteiger partial charge in [-0.1, -0.05) is 30.9 Å². The summed E-state index contributed by atoms with van der Waals surface area (Å²) in [5.74, 6) is 0.702. The van der Waals surface area contributed by atoms with E-state index in [1.807, 2.05) is 13.8 Å². The second-order valence-electron chi connectivity index (χ2n) is 5.87. The summed E-state index contributed by atoms with van der Waals surface area (Å²) >= 11 is 6.44. The lowest BCUT2D eigenvalue weighted by Gasteiger charge is -2.39. The summed E-state index contributed by atoms with van der Waals surface area (Å²) in [4.78, 5) is 0. The number of phenols is 1. The number of rotatable bonds is 3. The maximum absolute atomic E-state index is 10.7. The Kier molecular flexibility index (Phi) is 4.50. The fourth-order valence-corrected chi connectivity index (χ4v) is 3.82. The fourth-order valence-electron chi connectivity index (χ4n) is 3.64. The molecule has 0 aliphatic heterocycles. The first-order chi connectivity index (χ1) is 9.48. The third-order valence-corrected chi connectivity index (χ3v) is 5.33. The van der Waals surface area contributed by atoms with Crippen molar-refractivity contribution < 1.29 is 9.84 Å². The molecule has 1 fully saturated rings. The zero-order chi connectivity index (χ0) is 14.9. The van der Waals surface area contributed by atoms with Gasteiger partial charge in [0.1, 0.15) is 0 Å². The van der Waals surface area contributed by atoms with Crippen molar-refractivity contribution in [1.29, 1.82) is 0 Å². The number of phenolic OH excluding ortho intramolecular Hbond substituents is 1. The largest absolute Gasteiger partial charge is 0.504 e. The van der Waals surface area contributed by atoms with Gasteiger partial charge in [-0.2, -0.15) is 0 Å². The summed E-state index contributed by atoms with van der Waals surface area (Å²) in [6, 6.07) is 0. The Hall–Kier alpha value is -0.930. The zero-order valence-electron chi connectivity index (χ0n) is 12.6. The predicted molar refractivity (Wildman–Crippen MR) is 83.0 cm³/mol. The summed E-state index contributed by atoms with van der Waals surface area (Å²) in [5.41, 5.74) is 8.55. The van der Waals surface area contributed by atoms with E-state index < -0.39 is 0 Å². The van der Waals surface area contributed by atoms with Gasteiger partial charge in [0.05, 0.1) is 12.1 Å². The summed E-state index contributed by atoms with van der Waals surface area (Å²) in [6.45, 7) is 4.37. The van der Waals surface area contributed by atoms with Gasteiger partial charge in [-0.25, -0.2) is 0 Å². The minimum absolute atomic E-state index is 0.170. The molecule has 1 saturated carbocycles. The van der Waals surface area contributed by atoms with Crippen LogP contribution in [0.25, 0.3) is 0 Å². The molecule has 0 aromatic heterocycles. The van der Waals surface area contributed by atoms with E-state index in [0.717, 1.165) is 42.4 Å². The molecule has 0 heterocycles. The van der Waals surface area contributed by atoms with Gasteiger partial charge in [-0.3, -0.25) is 0 Å². The SMILES string of the molecule is COc1c(C)c(Cl)c(C)c(C2(CN)CCCCC2)c1O. The standard InChI is InChI=1S/C16H24ClNO2/c1-10-12(16(9-18)7-5-4-6-8-16)14(19)15(20-3)11(2)13(10)17/h19H,4-9,18H2,1-3H3. The highest BCUT2D eigenvalue weighted by atomic mass is 35.5. The monoisotopic (exact) mass is 297 g/mol. The average Bonchev–Trinajstić information content (AvgIpc) is 2.46. The minimum atomic E-state index is -0.170. The lowest BCUT2D eigenvalue weighted by atomic mass is 9.67. The van der Waals surface area contributed by atoms with Crippen molar-refractivity contribution in [1.82, 2.24) is 0 Å². The highest BCUT2D eigenvalue weighted by Gasteiger charge is 2.38. The predicted octanol–water partition coefficient (Wildman–Crippen LogP) is 3.83. The van der Waals surface area contributed by atoms with Crippen LogP contribution in [-0.2, 0) is 5.41 Å². The molecule has 0 bridgehead atoms. The molecular formula is C16H24ClNO2. The van der Waals surface area contributed by atoms with E-state index in [1.165, 1.54) is 6.42 Å². The lowest BCUT2D eigenvalue weighted by Crippen LogP contribution is -2.38. The van der Waals surface area contributed by atoms with Crippen molar-refractivity contribution in [3.8, 4) is 11.5 Å². The number of benzene rings is 1. The first kappa shape index (κ1) is 15.5. The molecule has 0 unspecified atom stereocenters. The molecule has 3 nitrogen and oxygen atoms in total. The molecular weight excluding hydrogens is 274 g/mol. The zero-order valence-corrected chi connectivity index (χ0v) is 13.3. The molecule has 0 radical (unpaired) electrons. The molecule has 3 N–H and O–H groups in total. The highest BCUT2D eigenvalue weighted by Crippen LogP contribution is 2.50. The molecule has 112 valence electrons. The Bertz CT molecular complexity index is 508. The molecule has 1 aliphatic carbocycles. The maximum atomic E-state index is 10.7. The molecule has 2 rings (SSSR count). The van der Waals surface area contributed by atoms with Crippen molar-refractivity contribution in [2.45, 2.75) is 51.4 Å². The Morgan fingerprint density at radius 2 is 1.80 bits per heavy atom. The van der Waals surface area contributed by atoms with Crippen LogP contribution in [0.5, 0.6) is 11.5 Å². The molecule has 1 aromatic carbocycles. The summed E-state index contributed by atoms with van der Waals surface area (Å²) in [5, 5.41) is 11.4. The van der Waals surface area contributed by atoms with Crippen LogP contribution >= 0.6 is 11.6 Å². The maximum Gasteiger partial charge on any atom is 0.165 e. The van der Waals surface area contributed by atoms with Crippen molar-refractivity contribution in [2.75, 3.05) is 13.7 Å². The van der Waals surface area contributed by atoms with Gasteiger partial charge in [0, 0.05) is 23.1 Å². The summed E-state index contributed by atoms with van der Waals surface area (Å²) in [7, 11) is 1.56. The number of methoxy groups -OCH3 is 1. The second-order valence-corrected chi connectivity index (χ2v) is 6.24. The molecule has 0 atom stereocenters. The number of nitrogens with two attached hydrogens (primary N) is 1. The van der Waals surface area contributed by atoms with E-state index in [2.05, 4.69) is 0 Å². The van der Waals surface area contributed by atoms with Gasteiger partial charge < -0.3 is 15.6 Å². The highest BCUT2D eigenvalue weighted by molar-refractivity contribution is 6.32. The Balaban J connectivity index is 2.69. The van der Waals surface area contributed by atoms with Gasteiger partial charge in [0.25, 0.3) is 0 Å². The van der Waals surface area contributed by atoms with E-state index >= 15 is 0 Å². The van der Waals surface area contributed by atoms with E-state index in [0.29, 0.717) is 17.3 Å². The molecule has 4 heteroatoms. The molecule has 0 amide bonds. The van der Waals surface area contributed by atoms with Crippen LogP contribution in [0.1, 0.15) is 48.8 Å².